The normalized spacial score (nSPS) is 18.6. The van der Waals surface area contributed by atoms with Gasteiger partial charge in [0.2, 0.25) is 0 Å². The molecule has 222 valence electrons. The van der Waals surface area contributed by atoms with Crippen molar-refractivity contribution in [3.63, 3.8) is 0 Å². The van der Waals surface area contributed by atoms with Crippen molar-refractivity contribution in [1.82, 2.24) is 14.7 Å². The van der Waals surface area contributed by atoms with Gasteiger partial charge in [-0.15, -0.1) is 0 Å². The van der Waals surface area contributed by atoms with Gasteiger partial charge in [0.25, 0.3) is 11.8 Å². The van der Waals surface area contributed by atoms with Crippen LogP contribution in [0.5, 0.6) is 5.75 Å². The summed E-state index contributed by atoms with van der Waals surface area (Å²) in [7, 11) is 2.63. The van der Waals surface area contributed by atoms with Crippen LogP contribution in [0.15, 0.2) is 12.1 Å². The molecule has 1 aromatic carbocycles. The first-order valence-electron chi connectivity index (χ1n) is 12.9. The van der Waals surface area contributed by atoms with Gasteiger partial charge >= 0.3 is 18.4 Å². The van der Waals surface area contributed by atoms with Crippen LogP contribution in [-0.2, 0) is 15.7 Å². The van der Waals surface area contributed by atoms with E-state index in [9.17, 15) is 37.5 Å². The first-order chi connectivity index (χ1) is 18.5. The molecule has 1 atom stereocenters. The molecule has 14 heteroatoms. The molecule has 2 aliphatic heterocycles. The zero-order valence-corrected chi connectivity index (χ0v) is 23.4. The Bertz CT molecular complexity index is 1170. The number of piperidine rings is 1. The van der Waals surface area contributed by atoms with E-state index in [1.165, 1.54) is 42.7 Å². The number of amides is 4. The SMILES string of the molecule is COC(=O)N(C)CCN1C(=O)C(C)(C)Oc2cc(C(F)(F)F)c(C(=O)N(C(C)C)[C@@H]3CCCN(C(=O)O)C3)cc21. The first kappa shape index (κ1) is 30.8. The Hall–Kier alpha value is -3.71. The molecule has 0 aromatic heterocycles. The summed E-state index contributed by atoms with van der Waals surface area (Å²) in [6.45, 7) is 6.24. The highest BCUT2D eigenvalue weighted by Gasteiger charge is 2.45. The molecule has 3 rings (SSSR count). The molecule has 1 aromatic rings. The lowest BCUT2D eigenvalue weighted by Gasteiger charge is -2.42. The summed E-state index contributed by atoms with van der Waals surface area (Å²) >= 11 is 0. The quantitative estimate of drug-likeness (QED) is 0.549. The number of hydrogen-bond acceptors (Lipinski definition) is 6. The van der Waals surface area contributed by atoms with Gasteiger partial charge in [-0.05, 0) is 52.7 Å². The lowest BCUT2D eigenvalue weighted by molar-refractivity contribution is -0.138. The van der Waals surface area contributed by atoms with Gasteiger partial charge in [-0.25, -0.2) is 9.59 Å². The fourth-order valence-electron chi connectivity index (χ4n) is 5.06. The molecule has 2 heterocycles. The molecule has 2 aliphatic rings. The molecule has 0 saturated carbocycles. The van der Waals surface area contributed by atoms with Gasteiger partial charge in [0.15, 0.2) is 5.60 Å². The van der Waals surface area contributed by atoms with E-state index >= 15 is 0 Å². The average molecular weight is 573 g/mol. The number of ether oxygens (including phenoxy) is 2. The number of benzene rings is 1. The highest BCUT2D eigenvalue weighted by Crippen LogP contribution is 2.44. The molecule has 40 heavy (non-hydrogen) atoms. The van der Waals surface area contributed by atoms with Crippen molar-refractivity contribution in [2.24, 2.45) is 0 Å². The van der Waals surface area contributed by atoms with Crippen molar-refractivity contribution >= 4 is 29.7 Å². The molecule has 4 amide bonds. The lowest BCUT2D eigenvalue weighted by atomic mass is 9.96. The number of halogens is 3. The van der Waals surface area contributed by atoms with E-state index in [0.29, 0.717) is 12.8 Å². The Balaban J connectivity index is 2.12. The number of carbonyl (C=O) groups excluding carboxylic acids is 3. The number of nitrogens with zero attached hydrogens (tertiary/aromatic N) is 4. The summed E-state index contributed by atoms with van der Waals surface area (Å²) in [5.74, 6) is -1.74. The Kier molecular flexibility index (Phi) is 8.80. The summed E-state index contributed by atoms with van der Waals surface area (Å²) in [5, 5.41) is 9.44. The van der Waals surface area contributed by atoms with Gasteiger partial charge in [0, 0.05) is 39.3 Å². The number of rotatable bonds is 6. The molecule has 1 N–H and O–H groups in total. The van der Waals surface area contributed by atoms with Crippen LogP contribution in [0.25, 0.3) is 0 Å². The van der Waals surface area contributed by atoms with E-state index in [1.807, 2.05) is 0 Å². The molecule has 11 nitrogen and oxygen atoms in total. The second-order valence-corrected chi connectivity index (χ2v) is 10.7. The van der Waals surface area contributed by atoms with Crippen molar-refractivity contribution in [2.45, 2.75) is 64.4 Å². The minimum absolute atomic E-state index is 0.0105. The Labute approximate surface area is 230 Å². The van der Waals surface area contributed by atoms with E-state index in [1.54, 1.807) is 13.8 Å². The minimum Gasteiger partial charge on any atom is -0.476 e. The third-order valence-electron chi connectivity index (χ3n) is 7.05. The highest BCUT2D eigenvalue weighted by atomic mass is 19.4. The van der Waals surface area contributed by atoms with Gasteiger partial charge in [0.05, 0.1) is 30.0 Å². The maximum atomic E-state index is 14.4. The zero-order chi connectivity index (χ0) is 30.2. The van der Waals surface area contributed by atoms with Gasteiger partial charge in [-0.3, -0.25) is 9.59 Å². The predicted octanol–water partition coefficient (Wildman–Crippen LogP) is 3.90. The fourth-order valence-corrected chi connectivity index (χ4v) is 5.06. The monoisotopic (exact) mass is 572 g/mol. The molecule has 1 saturated heterocycles. The maximum Gasteiger partial charge on any atom is 0.417 e. The standard InChI is InChI=1S/C26H35F3N4O7/c1-15(2)33(16-8-7-9-31(14-16)23(36)37)21(34)17-12-19-20(13-18(17)26(27,28)29)40-25(3,4)22(35)32(19)11-10-30(5)24(38)39-6/h12-13,15-16H,7-11,14H2,1-6H3,(H,36,37)/t16-/m1/s1. The number of methoxy groups -OCH3 is 1. The summed E-state index contributed by atoms with van der Waals surface area (Å²) in [5.41, 5.74) is -3.48. The number of likely N-dealkylation sites (tertiary alicyclic amines) is 1. The highest BCUT2D eigenvalue weighted by molar-refractivity contribution is 6.05. The van der Waals surface area contributed by atoms with Crippen LogP contribution in [0.4, 0.5) is 28.4 Å². The Morgan fingerprint density at radius 2 is 1.90 bits per heavy atom. The smallest absolute Gasteiger partial charge is 0.417 e. The molecular weight excluding hydrogens is 537 g/mol. The molecule has 0 aliphatic carbocycles. The number of fused-ring (bicyclic) bond motifs is 1. The van der Waals surface area contributed by atoms with Gasteiger partial charge < -0.3 is 34.2 Å². The summed E-state index contributed by atoms with van der Waals surface area (Å²) in [4.78, 5) is 55.4. The van der Waals surface area contributed by atoms with Crippen LogP contribution >= 0.6 is 0 Å². The molecular formula is C26H35F3N4O7. The van der Waals surface area contributed by atoms with Crippen LogP contribution in [0, 0.1) is 0 Å². The second-order valence-electron chi connectivity index (χ2n) is 10.7. The van der Waals surface area contributed by atoms with E-state index in [0.717, 1.165) is 17.0 Å². The number of carbonyl (C=O) groups is 4. The average Bonchev–Trinajstić information content (AvgIpc) is 2.87. The number of hydrogen-bond donors (Lipinski definition) is 1. The summed E-state index contributed by atoms with van der Waals surface area (Å²) in [6, 6.07) is 0.524. The van der Waals surface area contributed by atoms with E-state index in [4.69, 9.17) is 4.74 Å². The van der Waals surface area contributed by atoms with Crippen LogP contribution in [0.1, 0.15) is 56.5 Å². The Morgan fingerprint density at radius 3 is 2.45 bits per heavy atom. The molecule has 0 bridgehead atoms. The lowest BCUT2D eigenvalue weighted by Crippen LogP contribution is -2.55. The van der Waals surface area contributed by atoms with Gasteiger partial charge in [0.1, 0.15) is 5.75 Å². The largest absolute Gasteiger partial charge is 0.476 e. The third-order valence-corrected chi connectivity index (χ3v) is 7.05. The van der Waals surface area contributed by atoms with Crippen molar-refractivity contribution < 1.29 is 46.9 Å². The van der Waals surface area contributed by atoms with Crippen molar-refractivity contribution in [1.29, 1.82) is 0 Å². The minimum atomic E-state index is -4.94. The molecule has 0 unspecified atom stereocenters. The summed E-state index contributed by atoms with van der Waals surface area (Å²) < 4.78 is 53.4. The molecule has 1 fully saturated rings. The van der Waals surface area contributed by atoms with Crippen LogP contribution in [0.2, 0.25) is 0 Å². The first-order valence-corrected chi connectivity index (χ1v) is 12.9. The van der Waals surface area contributed by atoms with E-state index in [-0.39, 0.29) is 37.6 Å². The number of carboxylic acid groups (broad SMARTS) is 1. The van der Waals surface area contributed by atoms with Gasteiger partial charge in [-0.2, -0.15) is 13.2 Å². The van der Waals surface area contributed by atoms with Crippen LogP contribution in [-0.4, -0.2) is 102 Å². The van der Waals surface area contributed by atoms with Crippen LogP contribution in [0.3, 0.4) is 0 Å². The number of likely N-dealkylation sites (N-methyl/N-ethyl adjacent to an activating group) is 1. The maximum absolute atomic E-state index is 14.4. The van der Waals surface area contributed by atoms with E-state index in [2.05, 4.69) is 4.74 Å². The van der Waals surface area contributed by atoms with Crippen molar-refractivity contribution in [2.75, 3.05) is 45.2 Å². The molecule has 0 spiro atoms. The predicted molar refractivity (Wildman–Crippen MR) is 137 cm³/mol. The van der Waals surface area contributed by atoms with E-state index < -0.39 is 59.0 Å². The number of anilines is 1. The second kappa shape index (κ2) is 11.4. The Morgan fingerprint density at radius 1 is 1.25 bits per heavy atom. The number of alkyl halides is 3. The fraction of sp³-hybridized carbons (Fsp3) is 0.615. The third kappa shape index (κ3) is 6.20. The van der Waals surface area contributed by atoms with Crippen LogP contribution < -0.4 is 9.64 Å². The summed E-state index contributed by atoms with van der Waals surface area (Å²) in [6.07, 6.45) is -5.91. The zero-order valence-electron chi connectivity index (χ0n) is 23.4. The van der Waals surface area contributed by atoms with Gasteiger partial charge in [-0.1, -0.05) is 0 Å². The molecule has 0 radical (unpaired) electrons. The topological polar surface area (TPSA) is 120 Å². The van der Waals surface area contributed by atoms with Crippen molar-refractivity contribution in [3.8, 4) is 5.75 Å². The van der Waals surface area contributed by atoms with Crippen molar-refractivity contribution in [3.05, 3.63) is 23.3 Å².